The smallest absolute Gasteiger partial charge is 0.317 e. The van der Waals surface area contributed by atoms with Crippen LogP contribution in [0.4, 0.5) is 10.6 Å². The molecule has 1 aromatic heterocycles. The maximum atomic E-state index is 12.2. The maximum absolute atomic E-state index is 12.2. The van der Waals surface area contributed by atoms with Crippen LogP contribution in [-0.4, -0.2) is 65.7 Å². The Hall–Kier alpha value is -2.09. The number of hydrogen-bond acceptors (Lipinski definition) is 5. The van der Waals surface area contributed by atoms with E-state index in [-0.39, 0.29) is 24.5 Å². The molecule has 0 aliphatic carbocycles. The summed E-state index contributed by atoms with van der Waals surface area (Å²) in [6, 6.07) is 1.85. The zero-order valence-electron chi connectivity index (χ0n) is 14.7. The molecule has 2 rings (SSSR count). The van der Waals surface area contributed by atoms with Gasteiger partial charge in [0, 0.05) is 38.3 Å². The Bertz CT molecular complexity index is 552. The minimum atomic E-state index is -0.127. The highest BCUT2D eigenvalue weighted by atomic mass is 16.5. The average molecular weight is 337 g/mol. The fraction of sp³-hybridized carbons (Fsp3) is 0.688. The van der Waals surface area contributed by atoms with Crippen molar-refractivity contribution in [1.29, 1.82) is 0 Å². The van der Waals surface area contributed by atoms with E-state index in [1.54, 1.807) is 13.0 Å². The molecule has 0 spiro atoms. The minimum absolute atomic E-state index is 0.0156. The SMILES string of the molecule is CCC[C@H](C)NC(=O)N1CCN(CC(=O)Nc2cc(C)on2)CC1. The van der Waals surface area contributed by atoms with E-state index in [2.05, 4.69) is 22.7 Å². The van der Waals surface area contributed by atoms with Crippen LogP contribution in [-0.2, 0) is 4.79 Å². The molecule has 2 heterocycles. The van der Waals surface area contributed by atoms with Gasteiger partial charge in [-0.15, -0.1) is 0 Å². The monoisotopic (exact) mass is 337 g/mol. The van der Waals surface area contributed by atoms with E-state index in [1.165, 1.54) is 0 Å². The molecule has 0 bridgehead atoms. The van der Waals surface area contributed by atoms with Crippen molar-refractivity contribution in [3.8, 4) is 0 Å². The topological polar surface area (TPSA) is 90.7 Å². The second kappa shape index (κ2) is 8.68. The fourth-order valence-corrected chi connectivity index (χ4v) is 2.73. The van der Waals surface area contributed by atoms with E-state index in [4.69, 9.17) is 4.52 Å². The zero-order valence-corrected chi connectivity index (χ0v) is 14.7. The predicted octanol–water partition coefficient (Wildman–Crippen LogP) is 1.44. The van der Waals surface area contributed by atoms with Gasteiger partial charge in [0.2, 0.25) is 5.91 Å². The molecule has 3 amide bonds. The van der Waals surface area contributed by atoms with Crippen LogP contribution in [0, 0.1) is 6.92 Å². The Kier molecular flexibility index (Phi) is 6.60. The van der Waals surface area contributed by atoms with Gasteiger partial charge in [0.05, 0.1) is 6.54 Å². The Labute approximate surface area is 142 Å². The van der Waals surface area contributed by atoms with Gasteiger partial charge in [-0.25, -0.2) is 4.79 Å². The highest BCUT2D eigenvalue weighted by Crippen LogP contribution is 2.08. The summed E-state index contributed by atoms with van der Waals surface area (Å²) in [5.74, 6) is 0.959. The lowest BCUT2D eigenvalue weighted by molar-refractivity contribution is -0.117. The molecule has 0 saturated carbocycles. The summed E-state index contributed by atoms with van der Waals surface area (Å²) < 4.78 is 4.92. The molecule has 1 aliphatic rings. The third-order valence-corrected chi connectivity index (χ3v) is 4.01. The Morgan fingerprint density at radius 3 is 2.62 bits per heavy atom. The van der Waals surface area contributed by atoms with E-state index in [0.29, 0.717) is 37.8 Å². The summed E-state index contributed by atoms with van der Waals surface area (Å²) in [6.45, 7) is 8.80. The molecule has 1 saturated heterocycles. The molecular weight excluding hydrogens is 310 g/mol. The first-order valence-corrected chi connectivity index (χ1v) is 8.49. The molecule has 1 aromatic rings. The number of hydrogen-bond donors (Lipinski definition) is 2. The van der Waals surface area contributed by atoms with Crippen LogP contribution < -0.4 is 10.6 Å². The maximum Gasteiger partial charge on any atom is 0.317 e. The van der Waals surface area contributed by atoms with Gasteiger partial charge in [0.15, 0.2) is 5.82 Å². The summed E-state index contributed by atoms with van der Waals surface area (Å²) in [7, 11) is 0. The molecule has 0 unspecified atom stereocenters. The third kappa shape index (κ3) is 5.52. The van der Waals surface area contributed by atoms with E-state index in [9.17, 15) is 9.59 Å². The Balaban J connectivity index is 1.70. The second-order valence-corrected chi connectivity index (χ2v) is 6.27. The second-order valence-electron chi connectivity index (χ2n) is 6.27. The lowest BCUT2D eigenvalue weighted by Gasteiger charge is -2.34. The number of nitrogens with one attached hydrogen (secondary N) is 2. The van der Waals surface area contributed by atoms with Crippen molar-refractivity contribution in [1.82, 2.24) is 20.3 Å². The van der Waals surface area contributed by atoms with Crippen molar-refractivity contribution in [3.05, 3.63) is 11.8 Å². The summed E-state index contributed by atoms with van der Waals surface area (Å²) in [6.07, 6.45) is 2.03. The molecule has 0 aromatic carbocycles. The van der Waals surface area contributed by atoms with Gasteiger partial charge in [-0.3, -0.25) is 9.69 Å². The largest absolute Gasteiger partial charge is 0.360 e. The molecule has 1 fully saturated rings. The highest BCUT2D eigenvalue weighted by molar-refractivity contribution is 5.91. The summed E-state index contributed by atoms with van der Waals surface area (Å²) in [4.78, 5) is 28.0. The molecule has 2 N–H and O–H groups in total. The number of nitrogens with zero attached hydrogens (tertiary/aromatic N) is 3. The fourth-order valence-electron chi connectivity index (χ4n) is 2.73. The third-order valence-electron chi connectivity index (χ3n) is 4.01. The van der Waals surface area contributed by atoms with Crippen molar-refractivity contribution < 1.29 is 14.1 Å². The number of carbonyl (C=O) groups is 2. The van der Waals surface area contributed by atoms with Gasteiger partial charge in [-0.05, 0) is 20.3 Å². The lowest BCUT2D eigenvalue weighted by Crippen LogP contribution is -2.54. The number of urea groups is 1. The van der Waals surface area contributed by atoms with Gasteiger partial charge in [-0.1, -0.05) is 18.5 Å². The number of rotatable bonds is 6. The van der Waals surface area contributed by atoms with Crippen molar-refractivity contribution in [2.24, 2.45) is 0 Å². The average Bonchev–Trinajstić information content (AvgIpc) is 2.93. The first kappa shape index (κ1) is 18.3. The number of aromatic nitrogens is 1. The van der Waals surface area contributed by atoms with Crippen LogP contribution in [0.2, 0.25) is 0 Å². The van der Waals surface area contributed by atoms with Crippen molar-refractivity contribution in [3.63, 3.8) is 0 Å². The molecule has 1 atom stereocenters. The highest BCUT2D eigenvalue weighted by Gasteiger charge is 2.23. The Morgan fingerprint density at radius 2 is 2.04 bits per heavy atom. The van der Waals surface area contributed by atoms with Crippen LogP contribution in [0.5, 0.6) is 0 Å². The normalized spacial score (nSPS) is 16.7. The van der Waals surface area contributed by atoms with Crippen LogP contribution in [0.25, 0.3) is 0 Å². The van der Waals surface area contributed by atoms with E-state index < -0.39 is 0 Å². The standard InChI is InChI=1S/C16H27N5O3/c1-4-5-12(2)17-16(23)21-8-6-20(7-9-21)11-15(22)18-14-10-13(3)24-19-14/h10,12H,4-9,11H2,1-3H3,(H,17,23)(H,18,19,22)/t12-/m0/s1. The molecule has 8 nitrogen and oxygen atoms in total. The van der Waals surface area contributed by atoms with E-state index in [1.807, 2.05) is 16.7 Å². The quantitative estimate of drug-likeness (QED) is 0.820. The van der Waals surface area contributed by atoms with Gasteiger partial charge in [0.1, 0.15) is 5.76 Å². The molecule has 24 heavy (non-hydrogen) atoms. The van der Waals surface area contributed by atoms with E-state index >= 15 is 0 Å². The zero-order chi connectivity index (χ0) is 17.5. The first-order valence-electron chi connectivity index (χ1n) is 8.49. The summed E-state index contributed by atoms with van der Waals surface area (Å²) in [5.41, 5.74) is 0. The molecule has 0 radical (unpaired) electrons. The Morgan fingerprint density at radius 1 is 1.33 bits per heavy atom. The van der Waals surface area contributed by atoms with Crippen LogP contribution in [0.1, 0.15) is 32.4 Å². The van der Waals surface area contributed by atoms with Gasteiger partial charge >= 0.3 is 6.03 Å². The van der Waals surface area contributed by atoms with E-state index in [0.717, 1.165) is 12.8 Å². The van der Waals surface area contributed by atoms with Crippen LogP contribution >= 0.6 is 0 Å². The number of amides is 3. The molecular formula is C16H27N5O3. The van der Waals surface area contributed by atoms with Crippen molar-refractivity contribution >= 4 is 17.8 Å². The molecule has 8 heteroatoms. The number of carbonyl (C=O) groups excluding carboxylic acids is 2. The summed E-state index contributed by atoms with van der Waals surface area (Å²) in [5, 5.41) is 9.46. The van der Waals surface area contributed by atoms with Crippen LogP contribution in [0.15, 0.2) is 10.6 Å². The predicted molar refractivity (Wildman–Crippen MR) is 90.8 cm³/mol. The lowest BCUT2D eigenvalue weighted by atomic mass is 10.2. The molecule has 134 valence electrons. The van der Waals surface area contributed by atoms with Crippen LogP contribution in [0.3, 0.4) is 0 Å². The van der Waals surface area contributed by atoms with Gasteiger partial charge < -0.3 is 20.1 Å². The first-order chi connectivity index (χ1) is 11.5. The molecule has 1 aliphatic heterocycles. The van der Waals surface area contributed by atoms with Crippen molar-refractivity contribution in [2.75, 3.05) is 38.0 Å². The van der Waals surface area contributed by atoms with Gasteiger partial charge in [0.25, 0.3) is 0 Å². The van der Waals surface area contributed by atoms with Gasteiger partial charge in [-0.2, -0.15) is 0 Å². The number of anilines is 1. The summed E-state index contributed by atoms with van der Waals surface area (Å²) >= 11 is 0. The van der Waals surface area contributed by atoms with Crippen molar-refractivity contribution in [2.45, 2.75) is 39.7 Å². The minimum Gasteiger partial charge on any atom is -0.360 e. The number of piperazine rings is 1. The number of aryl methyl sites for hydroxylation is 1.